The summed E-state index contributed by atoms with van der Waals surface area (Å²) in [6.07, 6.45) is 0. The van der Waals surface area contributed by atoms with Crippen LogP contribution in [-0.2, 0) is 0 Å². The molecule has 8 aromatic carbocycles. The van der Waals surface area contributed by atoms with Gasteiger partial charge in [-0.1, -0.05) is 127 Å². The van der Waals surface area contributed by atoms with E-state index >= 15 is 0 Å². The number of para-hydroxylation sites is 3. The van der Waals surface area contributed by atoms with E-state index in [0.29, 0.717) is 17.5 Å². The van der Waals surface area contributed by atoms with Gasteiger partial charge in [-0.15, -0.1) is 0 Å². The van der Waals surface area contributed by atoms with Crippen LogP contribution in [0.4, 0.5) is 0 Å². The first-order valence-electron chi connectivity index (χ1n) is 19.1. The van der Waals surface area contributed by atoms with Gasteiger partial charge >= 0.3 is 0 Å². The van der Waals surface area contributed by atoms with Crippen LogP contribution in [0.2, 0.25) is 0 Å². The van der Waals surface area contributed by atoms with Crippen molar-refractivity contribution in [2.24, 2.45) is 0 Å². The summed E-state index contributed by atoms with van der Waals surface area (Å²) in [5.74, 6) is 1.89. The zero-order valence-electron chi connectivity index (χ0n) is 30.5. The standard InChI is InChI=1S/C51H31N5O/c1-3-14-32(15-4-1)49-52-50(33-16-5-2-6-17-33)54-51(53-49)34-18-13-19-35(30-34)56-43-25-12-9-22-39(43)47-44(56)28-29-45-48(47)40-27-26-36(31-46(40)57-45)55-41-23-10-7-20-37(41)38-21-8-11-24-42(38)55/h1-31H. The molecular weight excluding hydrogens is 699 g/mol. The van der Waals surface area contributed by atoms with Crippen molar-refractivity contribution >= 4 is 65.6 Å². The van der Waals surface area contributed by atoms with E-state index in [9.17, 15) is 0 Å². The fourth-order valence-electron chi connectivity index (χ4n) is 8.65. The highest BCUT2D eigenvalue weighted by Gasteiger charge is 2.21. The summed E-state index contributed by atoms with van der Waals surface area (Å²) in [6, 6.07) is 65.4. The van der Waals surface area contributed by atoms with Gasteiger partial charge in [-0.3, -0.25) is 0 Å². The van der Waals surface area contributed by atoms with Gasteiger partial charge in [0.05, 0.1) is 22.1 Å². The van der Waals surface area contributed by atoms with Crippen molar-refractivity contribution in [1.82, 2.24) is 24.1 Å². The third-order valence-corrected chi connectivity index (χ3v) is 11.2. The van der Waals surface area contributed by atoms with E-state index in [2.05, 4.69) is 137 Å². The Bertz CT molecular complexity index is 3410. The molecule has 0 aliphatic heterocycles. The van der Waals surface area contributed by atoms with Crippen LogP contribution in [-0.4, -0.2) is 24.1 Å². The molecule has 0 bridgehead atoms. The van der Waals surface area contributed by atoms with Crippen molar-refractivity contribution in [1.29, 1.82) is 0 Å². The van der Waals surface area contributed by atoms with Gasteiger partial charge in [0.2, 0.25) is 0 Å². The zero-order chi connectivity index (χ0) is 37.5. The maximum absolute atomic E-state index is 6.71. The zero-order valence-corrected chi connectivity index (χ0v) is 30.5. The molecule has 0 atom stereocenters. The van der Waals surface area contributed by atoms with E-state index in [1.54, 1.807) is 0 Å². The Hall–Kier alpha value is -7.83. The second-order valence-corrected chi connectivity index (χ2v) is 14.4. The molecule has 0 fully saturated rings. The maximum Gasteiger partial charge on any atom is 0.164 e. The van der Waals surface area contributed by atoms with Crippen LogP contribution in [0.3, 0.4) is 0 Å². The highest BCUT2D eigenvalue weighted by Crippen LogP contribution is 2.42. The molecule has 0 N–H and O–H groups in total. The number of fused-ring (bicyclic) bond motifs is 10. The van der Waals surface area contributed by atoms with E-state index in [4.69, 9.17) is 19.4 Å². The molecule has 0 unspecified atom stereocenters. The molecule has 0 saturated carbocycles. The van der Waals surface area contributed by atoms with Gasteiger partial charge in [-0.2, -0.15) is 0 Å². The first-order chi connectivity index (χ1) is 28.3. The topological polar surface area (TPSA) is 61.7 Å². The molecule has 0 radical (unpaired) electrons. The minimum absolute atomic E-state index is 0.618. The molecule has 57 heavy (non-hydrogen) atoms. The predicted octanol–water partition coefficient (Wildman–Crippen LogP) is 13.0. The second kappa shape index (κ2) is 12.3. The van der Waals surface area contributed by atoms with Crippen LogP contribution in [0.5, 0.6) is 0 Å². The first-order valence-corrected chi connectivity index (χ1v) is 19.1. The van der Waals surface area contributed by atoms with Crippen molar-refractivity contribution in [2.45, 2.75) is 0 Å². The molecule has 4 aromatic heterocycles. The fourth-order valence-corrected chi connectivity index (χ4v) is 8.65. The Balaban J connectivity index is 1.04. The summed E-state index contributed by atoms with van der Waals surface area (Å²) in [6.45, 7) is 0. The van der Waals surface area contributed by atoms with Crippen LogP contribution < -0.4 is 0 Å². The number of nitrogens with zero attached hydrogens (tertiary/aromatic N) is 5. The van der Waals surface area contributed by atoms with Gasteiger partial charge in [0.15, 0.2) is 17.5 Å². The summed E-state index contributed by atoms with van der Waals surface area (Å²) < 4.78 is 11.4. The predicted molar refractivity (Wildman–Crippen MR) is 232 cm³/mol. The lowest BCUT2D eigenvalue weighted by molar-refractivity contribution is 0.669. The van der Waals surface area contributed by atoms with Gasteiger partial charge in [0.1, 0.15) is 11.2 Å². The molecule has 12 rings (SSSR count). The fraction of sp³-hybridized carbons (Fsp3) is 0. The molecule has 0 spiro atoms. The number of rotatable bonds is 5. The summed E-state index contributed by atoms with van der Waals surface area (Å²) >= 11 is 0. The lowest BCUT2D eigenvalue weighted by atomic mass is 10.1. The normalized spacial score (nSPS) is 11.9. The van der Waals surface area contributed by atoms with Crippen LogP contribution in [0.25, 0.3) is 111 Å². The summed E-state index contributed by atoms with van der Waals surface area (Å²) in [5, 5.41) is 6.99. The molecule has 266 valence electrons. The first kappa shape index (κ1) is 31.5. The van der Waals surface area contributed by atoms with Gasteiger partial charge in [-0.25, -0.2) is 15.0 Å². The third kappa shape index (κ3) is 4.87. The number of hydrogen-bond acceptors (Lipinski definition) is 4. The molecule has 6 heteroatoms. The summed E-state index contributed by atoms with van der Waals surface area (Å²) in [5.41, 5.74) is 11.1. The molecule has 4 heterocycles. The largest absolute Gasteiger partial charge is 0.456 e. The molecule has 0 saturated heterocycles. The van der Waals surface area contributed by atoms with E-state index < -0.39 is 0 Å². The van der Waals surface area contributed by atoms with Crippen molar-refractivity contribution in [2.75, 3.05) is 0 Å². The minimum Gasteiger partial charge on any atom is -0.456 e. The van der Waals surface area contributed by atoms with Crippen molar-refractivity contribution in [3.8, 4) is 45.5 Å². The van der Waals surface area contributed by atoms with Crippen molar-refractivity contribution in [3.63, 3.8) is 0 Å². The molecule has 12 aromatic rings. The quantitative estimate of drug-likeness (QED) is 0.177. The highest BCUT2D eigenvalue weighted by molar-refractivity contribution is 6.27. The van der Waals surface area contributed by atoms with Crippen molar-refractivity contribution in [3.05, 3.63) is 188 Å². The highest BCUT2D eigenvalue weighted by atomic mass is 16.3. The maximum atomic E-state index is 6.71. The number of aromatic nitrogens is 5. The Morgan fingerprint density at radius 2 is 0.825 bits per heavy atom. The number of benzene rings is 8. The van der Waals surface area contributed by atoms with E-state index in [0.717, 1.165) is 71.8 Å². The van der Waals surface area contributed by atoms with Gasteiger partial charge in [-0.05, 0) is 54.6 Å². The second-order valence-electron chi connectivity index (χ2n) is 14.4. The summed E-state index contributed by atoms with van der Waals surface area (Å²) in [4.78, 5) is 15.0. The van der Waals surface area contributed by atoms with Gasteiger partial charge in [0, 0.05) is 66.4 Å². The van der Waals surface area contributed by atoms with E-state index in [1.807, 2.05) is 60.7 Å². The lowest BCUT2D eigenvalue weighted by Crippen LogP contribution is -2.01. The van der Waals surface area contributed by atoms with E-state index in [-0.39, 0.29) is 0 Å². The minimum atomic E-state index is 0.618. The summed E-state index contributed by atoms with van der Waals surface area (Å²) in [7, 11) is 0. The molecule has 0 aliphatic carbocycles. The molecule has 6 nitrogen and oxygen atoms in total. The lowest BCUT2D eigenvalue weighted by Gasteiger charge is -2.11. The number of furan rings is 1. The van der Waals surface area contributed by atoms with E-state index in [1.165, 1.54) is 21.8 Å². The Morgan fingerprint density at radius 3 is 1.47 bits per heavy atom. The van der Waals surface area contributed by atoms with Crippen LogP contribution >= 0.6 is 0 Å². The van der Waals surface area contributed by atoms with Crippen molar-refractivity contribution < 1.29 is 4.42 Å². The van der Waals surface area contributed by atoms with Gasteiger partial charge < -0.3 is 13.6 Å². The van der Waals surface area contributed by atoms with Crippen LogP contribution in [0.1, 0.15) is 0 Å². The average molecular weight is 730 g/mol. The Morgan fingerprint density at radius 1 is 0.316 bits per heavy atom. The number of hydrogen-bond donors (Lipinski definition) is 0. The molecule has 0 aliphatic rings. The SMILES string of the molecule is c1ccc(-c2nc(-c3ccccc3)nc(-c3cccc(-n4c5ccccc5c5c6c(ccc54)oc4cc(-n5c7ccccc7c7ccccc75)ccc46)c3)n2)cc1. The molecular formula is C51H31N5O. The third-order valence-electron chi connectivity index (χ3n) is 11.2. The monoisotopic (exact) mass is 729 g/mol. The average Bonchev–Trinajstić information content (AvgIpc) is 3.94. The molecule has 0 amide bonds. The van der Waals surface area contributed by atoms with Gasteiger partial charge in [0.25, 0.3) is 0 Å². The smallest absolute Gasteiger partial charge is 0.164 e. The van der Waals surface area contributed by atoms with Crippen LogP contribution in [0, 0.1) is 0 Å². The Labute approximate surface area is 326 Å². The van der Waals surface area contributed by atoms with Crippen LogP contribution in [0.15, 0.2) is 192 Å². The Kier molecular flexibility index (Phi) is 6.83.